The van der Waals surface area contributed by atoms with Crippen molar-refractivity contribution in [2.24, 2.45) is 0 Å². The van der Waals surface area contributed by atoms with E-state index in [1.807, 2.05) is 13.0 Å². The number of urea groups is 1. The first kappa shape index (κ1) is 23.9. The molecule has 4 amide bonds. The number of hydrogen-bond donors (Lipinski definition) is 2. The molecule has 1 aliphatic rings. The molecule has 7 nitrogen and oxygen atoms in total. The first-order chi connectivity index (χ1) is 15.2. The highest BCUT2D eigenvalue weighted by atomic mass is 35.5. The third-order valence-electron chi connectivity index (χ3n) is 5.37. The van der Waals surface area contributed by atoms with Gasteiger partial charge < -0.3 is 20.4 Å². The predicted molar refractivity (Wildman–Crippen MR) is 126 cm³/mol. The van der Waals surface area contributed by atoms with E-state index < -0.39 is 6.04 Å². The van der Waals surface area contributed by atoms with Crippen molar-refractivity contribution in [3.05, 3.63) is 63.6 Å². The van der Waals surface area contributed by atoms with Gasteiger partial charge in [0.05, 0.1) is 12.5 Å². The minimum Gasteiger partial charge on any atom is -0.349 e. The van der Waals surface area contributed by atoms with Gasteiger partial charge in [0, 0.05) is 48.8 Å². The van der Waals surface area contributed by atoms with E-state index in [0.29, 0.717) is 41.9 Å². The molecule has 2 N–H and O–H groups in total. The molecule has 9 heteroatoms. The largest absolute Gasteiger partial charge is 0.349 e. The summed E-state index contributed by atoms with van der Waals surface area (Å²) in [5, 5.41) is 6.86. The molecule has 1 unspecified atom stereocenters. The van der Waals surface area contributed by atoms with E-state index in [9.17, 15) is 14.4 Å². The molecule has 170 valence electrons. The van der Waals surface area contributed by atoms with E-state index in [-0.39, 0.29) is 24.3 Å². The molecule has 1 heterocycles. The molecule has 0 saturated carbocycles. The second-order valence-corrected chi connectivity index (χ2v) is 8.61. The van der Waals surface area contributed by atoms with Crippen LogP contribution in [0.2, 0.25) is 10.0 Å². The highest BCUT2D eigenvalue weighted by molar-refractivity contribution is 6.31. The van der Waals surface area contributed by atoms with E-state index in [2.05, 4.69) is 10.6 Å². The monoisotopic (exact) mass is 476 g/mol. The van der Waals surface area contributed by atoms with Crippen LogP contribution in [0.1, 0.15) is 30.5 Å². The van der Waals surface area contributed by atoms with Gasteiger partial charge in [-0.2, -0.15) is 0 Å². The van der Waals surface area contributed by atoms with Gasteiger partial charge in [-0.3, -0.25) is 9.59 Å². The number of hydrogen-bond acceptors (Lipinski definition) is 3. The summed E-state index contributed by atoms with van der Waals surface area (Å²) in [7, 11) is 0. The van der Waals surface area contributed by atoms with Crippen LogP contribution >= 0.6 is 23.2 Å². The second-order valence-electron chi connectivity index (χ2n) is 7.77. The van der Waals surface area contributed by atoms with Crippen LogP contribution in [-0.4, -0.2) is 53.8 Å². The third kappa shape index (κ3) is 6.37. The lowest BCUT2D eigenvalue weighted by atomic mass is 10.0. The van der Waals surface area contributed by atoms with E-state index in [4.69, 9.17) is 23.2 Å². The van der Waals surface area contributed by atoms with Crippen molar-refractivity contribution in [1.82, 2.24) is 15.1 Å². The van der Waals surface area contributed by atoms with E-state index in [0.717, 1.165) is 11.1 Å². The Morgan fingerprint density at radius 2 is 1.59 bits per heavy atom. The lowest BCUT2D eigenvalue weighted by Gasteiger charge is -2.35. The normalized spacial score (nSPS) is 14.6. The number of amides is 4. The van der Waals surface area contributed by atoms with Gasteiger partial charge in [0.25, 0.3) is 0 Å². The first-order valence-corrected chi connectivity index (χ1v) is 11.1. The molecule has 1 atom stereocenters. The molecular formula is C23H26Cl2N4O3. The summed E-state index contributed by atoms with van der Waals surface area (Å²) >= 11 is 12.1. The summed E-state index contributed by atoms with van der Waals surface area (Å²) in [5.74, 6) is -0.292. The predicted octanol–water partition coefficient (Wildman–Crippen LogP) is 4.25. The number of aryl methyl sites for hydroxylation is 1. The zero-order chi connectivity index (χ0) is 23.3. The Bertz CT molecular complexity index is 989. The van der Waals surface area contributed by atoms with Crippen LogP contribution in [0, 0.1) is 6.92 Å². The fourth-order valence-electron chi connectivity index (χ4n) is 3.53. The lowest BCUT2D eigenvalue weighted by molar-refractivity contribution is -0.133. The maximum Gasteiger partial charge on any atom is 0.321 e. The second kappa shape index (κ2) is 10.7. The molecule has 2 aromatic rings. The number of carbonyl (C=O) groups excluding carboxylic acids is 3. The van der Waals surface area contributed by atoms with Crippen LogP contribution in [0.5, 0.6) is 0 Å². The van der Waals surface area contributed by atoms with Crippen molar-refractivity contribution in [3.63, 3.8) is 0 Å². The van der Waals surface area contributed by atoms with Crippen LogP contribution < -0.4 is 10.6 Å². The van der Waals surface area contributed by atoms with E-state index in [1.165, 1.54) is 6.92 Å². The van der Waals surface area contributed by atoms with Crippen molar-refractivity contribution in [1.29, 1.82) is 0 Å². The molecule has 32 heavy (non-hydrogen) atoms. The van der Waals surface area contributed by atoms with Gasteiger partial charge in [-0.1, -0.05) is 41.4 Å². The van der Waals surface area contributed by atoms with Crippen LogP contribution in [0.4, 0.5) is 10.5 Å². The van der Waals surface area contributed by atoms with Gasteiger partial charge in [-0.25, -0.2) is 4.79 Å². The van der Waals surface area contributed by atoms with Crippen molar-refractivity contribution in [3.8, 4) is 0 Å². The zero-order valence-electron chi connectivity index (χ0n) is 18.0. The molecule has 1 fully saturated rings. The van der Waals surface area contributed by atoms with Gasteiger partial charge in [0.2, 0.25) is 11.8 Å². The van der Waals surface area contributed by atoms with Crippen LogP contribution in [0.3, 0.4) is 0 Å². The van der Waals surface area contributed by atoms with Crippen molar-refractivity contribution < 1.29 is 14.4 Å². The number of rotatable bonds is 5. The number of nitrogens with one attached hydrogen (secondary N) is 2. The van der Waals surface area contributed by atoms with Crippen LogP contribution in [0.25, 0.3) is 0 Å². The summed E-state index contributed by atoms with van der Waals surface area (Å²) in [4.78, 5) is 40.5. The zero-order valence-corrected chi connectivity index (χ0v) is 19.5. The minimum atomic E-state index is -0.440. The molecule has 3 rings (SSSR count). The van der Waals surface area contributed by atoms with Crippen LogP contribution in [-0.2, 0) is 9.59 Å². The fourth-order valence-corrected chi connectivity index (χ4v) is 3.84. The number of benzene rings is 2. The maximum absolute atomic E-state index is 12.9. The topological polar surface area (TPSA) is 81.8 Å². The molecule has 2 aromatic carbocycles. The Hall–Kier alpha value is -2.77. The Kier molecular flexibility index (Phi) is 7.99. The third-order valence-corrected chi connectivity index (χ3v) is 6.03. The number of nitrogens with zero attached hydrogens (tertiary/aromatic N) is 2. The van der Waals surface area contributed by atoms with Crippen LogP contribution in [0.15, 0.2) is 42.5 Å². The first-order valence-electron chi connectivity index (χ1n) is 10.4. The van der Waals surface area contributed by atoms with Gasteiger partial charge >= 0.3 is 6.03 Å². The SMILES string of the molecule is CC(=O)NC(CC(=O)N1CCN(C(=O)Nc2ccc(C)c(Cl)c2)CC1)c1ccc(Cl)cc1. The highest BCUT2D eigenvalue weighted by Gasteiger charge is 2.26. The minimum absolute atomic E-state index is 0.0796. The summed E-state index contributed by atoms with van der Waals surface area (Å²) < 4.78 is 0. The number of anilines is 1. The number of halogens is 2. The van der Waals surface area contributed by atoms with Gasteiger partial charge in [-0.05, 0) is 42.3 Å². The molecule has 1 aliphatic heterocycles. The smallest absolute Gasteiger partial charge is 0.321 e. The summed E-state index contributed by atoms with van der Waals surface area (Å²) in [6.45, 7) is 5.01. The Balaban J connectivity index is 1.55. The quantitative estimate of drug-likeness (QED) is 0.676. The lowest BCUT2D eigenvalue weighted by Crippen LogP contribution is -2.52. The molecular weight excluding hydrogens is 451 g/mol. The fraction of sp³-hybridized carbons (Fsp3) is 0.348. The summed E-state index contributed by atoms with van der Waals surface area (Å²) in [6, 6.07) is 11.8. The Labute approximate surface area is 197 Å². The molecule has 0 spiro atoms. The van der Waals surface area contributed by atoms with E-state index >= 15 is 0 Å². The number of piperazine rings is 1. The molecule has 0 aromatic heterocycles. The van der Waals surface area contributed by atoms with Crippen molar-refractivity contribution in [2.45, 2.75) is 26.3 Å². The Morgan fingerprint density at radius 1 is 0.969 bits per heavy atom. The maximum atomic E-state index is 12.9. The standard InChI is InChI=1S/C23H26Cl2N4O3/c1-15-3-8-19(13-20(15)25)27-23(32)29-11-9-28(10-12-29)22(31)14-21(26-16(2)30)17-4-6-18(24)7-5-17/h3-8,13,21H,9-12,14H2,1-2H3,(H,26,30)(H,27,32). The number of carbonyl (C=O) groups is 3. The van der Waals surface area contributed by atoms with Crippen molar-refractivity contribution >= 4 is 46.7 Å². The summed E-state index contributed by atoms with van der Waals surface area (Å²) in [6.07, 6.45) is 0.134. The van der Waals surface area contributed by atoms with Gasteiger partial charge in [0.1, 0.15) is 0 Å². The molecule has 0 radical (unpaired) electrons. The molecule has 0 bridgehead atoms. The molecule has 0 aliphatic carbocycles. The van der Waals surface area contributed by atoms with Gasteiger partial charge in [-0.15, -0.1) is 0 Å². The van der Waals surface area contributed by atoms with E-state index in [1.54, 1.807) is 46.2 Å². The molecule has 1 saturated heterocycles. The Morgan fingerprint density at radius 3 is 2.19 bits per heavy atom. The highest BCUT2D eigenvalue weighted by Crippen LogP contribution is 2.22. The summed E-state index contributed by atoms with van der Waals surface area (Å²) in [5.41, 5.74) is 2.38. The average Bonchev–Trinajstić information content (AvgIpc) is 2.76. The van der Waals surface area contributed by atoms with Crippen molar-refractivity contribution in [2.75, 3.05) is 31.5 Å². The average molecular weight is 477 g/mol. The van der Waals surface area contributed by atoms with Gasteiger partial charge in [0.15, 0.2) is 0 Å².